The molecule has 0 fully saturated rings. The van der Waals surface area contributed by atoms with E-state index in [1.54, 1.807) is 7.05 Å². The van der Waals surface area contributed by atoms with Gasteiger partial charge in [0.15, 0.2) is 5.03 Å². The second kappa shape index (κ2) is 4.30. The van der Waals surface area contributed by atoms with Gasteiger partial charge in [0.2, 0.25) is 0 Å². The third-order valence-corrected chi connectivity index (χ3v) is 2.78. The Kier molecular flexibility index (Phi) is 3.30. The topological polar surface area (TPSA) is 98.3 Å². The van der Waals surface area contributed by atoms with Crippen LogP contribution in [0.2, 0.25) is 0 Å². The summed E-state index contributed by atoms with van der Waals surface area (Å²) >= 11 is 0.890. The van der Waals surface area contributed by atoms with Gasteiger partial charge in [-0.25, -0.2) is 0 Å². The van der Waals surface area contributed by atoms with Gasteiger partial charge in [0.05, 0.1) is 10.7 Å². The molecule has 0 saturated carbocycles. The monoisotopic (exact) mass is 231 g/mol. The van der Waals surface area contributed by atoms with E-state index in [4.69, 9.17) is 5.11 Å². The quantitative estimate of drug-likeness (QED) is 0.467. The first-order chi connectivity index (χ1) is 6.93. The van der Waals surface area contributed by atoms with E-state index < -0.39 is 10.9 Å². The van der Waals surface area contributed by atoms with Crippen molar-refractivity contribution in [1.29, 1.82) is 0 Å². The van der Waals surface area contributed by atoms with E-state index in [-0.39, 0.29) is 22.2 Å². The lowest BCUT2D eigenvalue weighted by Gasteiger charge is -1.97. The minimum atomic E-state index is -1.02. The first-order valence-corrected chi connectivity index (χ1v) is 4.94. The maximum atomic E-state index is 10.7. The molecular weight excluding hydrogens is 222 g/mol. The molecule has 0 bridgehead atoms. The van der Waals surface area contributed by atoms with Crippen LogP contribution in [0.4, 0.5) is 5.69 Å². The molecule has 1 rings (SSSR count). The molecule has 0 aliphatic rings. The first-order valence-electron chi connectivity index (χ1n) is 3.96. The molecule has 0 amide bonds. The molecule has 1 N–H and O–H groups in total. The molecular formula is C7H9N3O4S. The zero-order chi connectivity index (χ0) is 11.6. The van der Waals surface area contributed by atoms with Gasteiger partial charge in [0, 0.05) is 7.05 Å². The lowest BCUT2D eigenvalue weighted by molar-refractivity contribution is -0.388. The summed E-state index contributed by atoms with van der Waals surface area (Å²) in [7, 11) is 1.55. The smallest absolute Gasteiger partial charge is 0.323 e. The molecule has 1 aromatic heterocycles. The highest BCUT2D eigenvalue weighted by molar-refractivity contribution is 8.00. The standard InChI is InChI=1S/C7H9N3O4S/c1-4-6(10(13)14)7(9(2)8-4)15-3-5(11)12/h3H2,1-2H3,(H,11,12). The molecule has 0 aliphatic carbocycles. The molecule has 0 radical (unpaired) electrons. The van der Waals surface area contributed by atoms with Gasteiger partial charge in [-0.3, -0.25) is 19.6 Å². The molecule has 0 aromatic carbocycles. The predicted molar refractivity (Wildman–Crippen MR) is 53.0 cm³/mol. The lowest BCUT2D eigenvalue weighted by Crippen LogP contribution is -2.01. The average molecular weight is 231 g/mol. The van der Waals surface area contributed by atoms with Gasteiger partial charge in [-0.2, -0.15) is 5.10 Å². The van der Waals surface area contributed by atoms with Gasteiger partial charge in [-0.05, 0) is 6.92 Å². The van der Waals surface area contributed by atoms with E-state index in [1.165, 1.54) is 11.6 Å². The Morgan fingerprint density at radius 1 is 1.73 bits per heavy atom. The fourth-order valence-electron chi connectivity index (χ4n) is 1.13. The number of rotatable bonds is 4. The summed E-state index contributed by atoms with van der Waals surface area (Å²) in [6.45, 7) is 1.52. The highest BCUT2D eigenvalue weighted by atomic mass is 32.2. The summed E-state index contributed by atoms with van der Waals surface area (Å²) < 4.78 is 1.32. The molecule has 1 aromatic rings. The van der Waals surface area contributed by atoms with Gasteiger partial charge in [0.25, 0.3) is 0 Å². The van der Waals surface area contributed by atoms with E-state index in [0.717, 1.165) is 11.8 Å². The van der Waals surface area contributed by atoms with Crippen LogP contribution >= 0.6 is 11.8 Å². The minimum absolute atomic E-state index is 0.122. The molecule has 15 heavy (non-hydrogen) atoms. The van der Waals surface area contributed by atoms with E-state index in [0.29, 0.717) is 0 Å². The highest BCUT2D eigenvalue weighted by Crippen LogP contribution is 2.31. The summed E-state index contributed by atoms with van der Waals surface area (Å²) in [5, 5.41) is 23.3. The molecule has 0 spiro atoms. The molecule has 0 aliphatic heterocycles. The molecule has 82 valence electrons. The third kappa shape index (κ3) is 2.46. The van der Waals surface area contributed by atoms with Crippen molar-refractivity contribution in [2.75, 3.05) is 5.75 Å². The average Bonchev–Trinajstić information content (AvgIpc) is 2.37. The molecule has 7 nitrogen and oxygen atoms in total. The number of hydrogen-bond donors (Lipinski definition) is 1. The number of nitrogens with zero attached hydrogens (tertiary/aromatic N) is 3. The predicted octanol–water partition coefficient (Wildman–Crippen LogP) is 0.813. The van der Waals surface area contributed by atoms with Crippen molar-refractivity contribution in [2.45, 2.75) is 11.9 Å². The van der Waals surface area contributed by atoms with Crippen LogP contribution < -0.4 is 0 Å². The second-order valence-electron chi connectivity index (χ2n) is 2.80. The number of thioether (sulfide) groups is 1. The maximum Gasteiger partial charge on any atom is 0.323 e. The number of carboxylic acids is 1. The van der Waals surface area contributed by atoms with Crippen molar-refractivity contribution < 1.29 is 14.8 Å². The number of nitro groups is 1. The Bertz CT molecular complexity index is 415. The van der Waals surface area contributed by atoms with Gasteiger partial charge >= 0.3 is 11.7 Å². The summed E-state index contributed by atoms with van der Waals surface area (Å²) in [5.74, 6) is -1.24. The largest absolute Gasteiger partial charge is 0.481 e. The fraction of sp³-hybridized carbons (Fsp3) is 0.429. The maximum absolute atomic E-state index is 10.7. The number of carboxylic acid groups (broad SMARTS) is 1. The SMILES string of the molecule is Cc1nn(C)c(SCC(=O)O)c1[N+](=O)[O-]. The Balaban J connectivity index is 3.04. The van der Waals surface area contributed by atoms with E-state index in [2.05, 4.69) is 5.10 Å². The third-order valence-electron chi connectivity index (χ3n) is 1.65. The van der Waals surface area contributed by atoms with Crippen LogP contribution in [0.25, 0.3) is 0 Å². The zero-order valence-corrected chi connectivity index (χ0v) is 8.95. The zero-order valence-electron chi connectivity index (χ0n) is 8.13. The molecule has 0 saturated heterocycles. The van der Waals surface area contributed by atoms with Crippen molar-refractivity contribution in [3.63, 3.8) is 0 Å². The first kappa shape index (κ1) is 11.5. The van der Waals surface area contributed by atoms with Gasteiger partial charge < -0.3 is 5.11 Å². The van der Waals surface area contributed by atoms with Crippen LogP contribution in [-0.4, -0.2) is 31.5 Å². The van der Waals surface area contributed by atoms with Crippen LogP contribution in [0.3, 0.4) is 0 Å². The van der Waals surface area contributed by atoms with Gasteiger partial charge in [-0.15, -0.1) is 0 Å². The molecule has 1 heterocycles. The molecule has 0 atom stereocenters. The van der Waals surface area contributed by atoms with E-state index >= 15 is 0 Å². The number of hydrogen-bond acceptors (Lipinski definition) is 5. The van der Waals surface area contributed by atoms with Crippen molar-refractivity contribution >= 4 is 23.4 Å². The fourth-order valence-corrected chi connectivity index (χ4v) is 1.97. The number of carbonyl (C=O) groups is 1. The van der Waals surface area contributed by atoms with Crippen molar-refractivity contribution in [3.05, 3.63) is 15.8 Å². The van der Waals surface area contributed by atoms with Crippen LogP contribution in [0, 0.1) is 17.0 Å². The number of aromatic nitrogens is 2. The Morgan fingerprint density at radius 2 is 2.33 bits per heavy atom. The van der Waals surface area contributed by atoms with Gasteiger partial charge in [0.1, 0.15) is 5.69 Å². The Hall–Kier alpha value is -1.57. The lowest BCUT2D eigenvalue weighted by atomic mass is 10.4. The Labute approximate surface area is 89.2 Å². The normalized spacial score (nSPS) is 10.3. The van der Waals surface area contributed by atoms with E-state index in [1.807, 2.05) is 0 Å². The Morgan fingerprint density at radius 3 is 2.80 bits per heavy atom. The second-order valence-corrected chi connectivity index (χ2v) is 3.77. The summed E-state index contributed by atoms with van der Waals surface area (Å²) in [4.78, 5) is 20.5. The van der Waals surface area contributed by atoms with Crippen LogP contribution in [0.15, 0.2) is 5.03 Å². The number of aliphatic carboxylic acids is 1. The van der Waals surface area contributed by atoms with Crippen LogP contribution in [0.1, 0.15) is 5.69 Å². The van der Waals surface area contributed by atoms with Crippen molar-refractivity contribution in [2.24, 2.45) is 7.05 Å². The van der Waals surface area contributed by atoms with E-state index in [9.17, 15) is 14.9 Å². The van der Waals surface area contributed by atoms with Gasteiger partial charge in [-0.1, -0.05) is 11.8 Å². The number of aryl methyl sites for hydroxylation is 2. The summed E-state index contributed by atoms with van der Waals surface area (Å²) in [6, 6.07) is 0. The summed E-state index contributed by atoms with van der Waals surface area (Å²) in [5.41, 5.74) is 0.166. The van der Waals surface area contributed by atoms with Crippen molar-refractivity contribution in [3.8, 4) is 0 Å². The van der Waals surface area contributed by atoms with Crippen LogP contribution in [-0.2, 0) is 11.8 Å². The minimum Gasteiger partial charge on any atom is -0.481 e. The van der Waals surface area contributed by atoms with Crippen LogP contribution in [0.5, 0.6) is 0 Å². The summed E-state index contributed by atoms with van der Waals surface area (Å²) in [6.07, 6.45) is 0. The highest BCUT2D eigenvalue weighted by Gasteiger charge is 2.24. The molecule has 0 unspecified atom stereocenters. The van der Waals surface area contributed by atoms with Crippen molar-refractivity contribution in [1.82, 2.24) is 9.78 Å². The molecule has 8 heteroatoms.